The first-order valence-electron chi connectivity index (χ1n) is 5.92. The topological polar surface area (TPSA) is 50.1 Å². The summed E-state index contributed by atoms with van der Waals surface area (Å²) in [5.41, 5.74) is 3.27. The predicted molar refractivity (Wildman–Crippen MR) is 72.1 cm³/mol. The van der Waals surface area contributed by atoms with Crippen molar-refractivity contribution in [3.63, 3.8) is 0 Å². The molecular formula is C16H13NO2. The summed E-state index contributed by atoms with van der Waals surface area (Å²) in [6.45, 7) is 1.56. The highest BCUT2D eigenvalue weighted by Gasteiger charge is 2.06. The largest absolute Gasteiger partial charge is 0.461 e. The zero-order valence-corrected chi connectivity index (χ0v) is 10.6. The fourth-order valence-corrected chi connectivity index (χ4v) is 1.83. The zero-order valence-electron chi connectivity index (χ0n) is 10.6. The van der Waals surface area contributed by atoms with E-state index in [1.54, 1.807) is 6.07 Å². The normalized spacial score (nSPS) is 9.68. The highest BCUT2D eigenvalue weighted by molar-refractivity contribution is 5.71. The molecule has 0 aliphatic rings. The number of benzene rings is 2. The van der Waals surface area contributed by atoms with Crippen molar-refractivity contribution in [2.75, 3.05) is 0 Å². The summed E-state index contributed by atoms with van der Waals surface area (Å²) in [7, 11) is 0. The van der Waals surface area contributed by atoms with E-state index in [-0.39, 0.29) is 12.6 Å². The van der Waals surface area contributed by atoms with Gasteiger partial charge in [-0.2, -0.15) is 5.26 Å². The maximum Gasteiger partial charge on any atom is 0.302 e. The quantitative estimate of drug-likeness (QED) is 0.786. The molecular weight excluding hydrogens is 238 g/mol. The molecule has 0 unspecified atom stereocenters. The summed E-state index contributed by atoms with van der Waals surface area (Å²) >= 11 is 0. The molecule has 0 aliphatic carbocycles. The highest BCUT2D eigenvalue weighted by atomic mass is 16.5. The zero-order chi connectivity index (χ0) is 13.7. The molecule has 0 saturated heterocycles. The Morgan fingerprint density at radius 1 is 1.21 bits per heavy atom. The second kappa shape index (κ2) is 5.83. The van der Waals surface area contributed by atoms with Crippen molar-refractivity contribution in [1.29, 1.82) is 5.26 Å². The minimum Gasteiger partial charge on any atom is -0.461 e. The molecule has 2 aromatic carbocycles. The van der Waals surface area contributed by atoms with Crippen molar-refractivity contribution in [2.24, 2.45) is 0 Å². The highest BCUT2D eigenvalue weighted by Crippen LogP contribution is 2.24. The van der Waals surface area contributed by atoms with Gasteiger partial charge in [0, 0.05) is 6.92 Å². The van der Waals surface area contributed by atoms with Crippen molar-refractivity contribution in [3.05, 3.63) is 59.7 Å². The van der Waals surface area contributed by atoms with E-state index in [1.807, 2.05) is 42.5 Å². The minimum absolute atomic E-state index is 0.194. The van der Waals surface area contributed by atoms with Crippen LogP contribution in [0.3, 0.4) is 0 Å². The van der Waals surface area contributed by atoms with Crippen molar-refractivity contribution < 1.29 is 9.53 Å². The van der Waals surface area contributed by atoms with Crippen LogP contribution in [0.25, 0.3) is 11.1 Å². The summed E-state index contributed by atoms with van der Waals surface area (Å²) in [5.74, 6) is -0.328. The number of nitrogens with zero attached hydrogens (tertiary/aromatic N) is 1. The summed E-state index contributed by atoms with van der Waals surface area (Å²) in [6.07, 6.45) is 0. The molecule has 3 heteroatoms. The molecule has 0 bridgehead atoms. The summed E-state index contributed by atoms with van der Waals surface area (Å²) in [6, 6.07) is 17.4. The summed E-state index contributed by atoms with van der Waals surface area (Å²) < 4.78 is 4.92. The van der Waals surface area contributed by atoms with Crippen LogP contribution >= 0.6 is 0 Å². The molecule has 94 valence electrons. The van der Waals surface area contributed by atoms with Crippen molar-refractivity contribution in [3.8, 4) is 17.2 Å². The maximum absolute atomic E-state index is 10.8. The number of hydrogen-bond acceptors (Lipinski definition) is 3. The van der Waals surface area contributed by atoms with E-state index in [0.29, 0.717) is 5.56 Å². The summed E-state index contributed by atoms with van der Waals surface area (Å²) in [5, 5.41) is 9.22. The molecule has 0 heterocycles. The monoisotopic (exact) mass is 251 g/mol. The lowest BCUT2D eigenvalue weighted by molar-refractivity contribution is -0.142. The number of carbonyl (C=O) groups excluding carboxylic acids is 1. The maximum atomic E-state index is 10.8. The van der Waals surface area contributed by atoms with E-state index in [2.05, 4.69) is 6.07 Å². The molecule has 19 heavy (non-hydrogen) atoms. The number of nitriles is 1. The van der Waals surface area contributed by atoms with Crippen LogP contribution in [0.4, 0.5) is 0 Å². The fourth-order valence-electron chi connectivity index (χ4n) is 1.83. The van der Waals surface area contributed by atoms with Gasteiger partial charge in [-0.05, 0) is 22.8 Å². The van der Waals surface area contributed by atoms with Gasteiger partial charge in [-0.15, -0.1) is 0 Å². The molecule has 0 fully saturated rings. The average molecular weight is 251 g/mol. The van der Waals surface area contributed by atoms with E-state index in [0.717, 1.165) is 16.7 Å². The molecule has 3 nitrogen and oxygen atoms in total. The average Bonchev–Trinajstić information content (AvgIpc) is 2.45. The summed E-state index contributed by atoms with van der Waals surface area (Å²) in [4.78, 5) is 10.8. The minimum atomic E-state index is -0.328. The molecule has 0 atom stereocenters. The lowest BCUT2D eigenvalue weighted by atomic mass is 9.98. The number of ether oxygens (including phenoxy) is 1. The Balaban J connectivity index is 2.33. The molecule has 0 radical (unpaired) electrons. The lowest BCUT2D eigenvalue weighted by Crippen LogP contribution is -1.99. The smallest absolute Gasteiger partial charge is 0.302 e. The van der Waals surface area contributed by atoms with Gasteiger partial charge >= 0.3 is 5.97 Å². The van der Waals surface area contributed by atoms with Crippen LogP contribution in [0.1, 0.15) is 18.1 Å². The third-order valence-corrected chi connectivity index (χ3v) is 2.73. The molecule has 0 amide bonds. The molecule has 0 saturated carbocycles. The lowest BCUT2D eigenvalue weighted by Gasteiger charge is -2.07. The Hall–Kier alpha value is -2.60. The van der Waals surface area contributed by atoms with Crippen LogP contribution in [0.15, 0.2) is 48.5 Å². The molecule has 0 aliphatic heterocycles. The molecule has 2 rings (SSSR count). The molecule has 0 aromatic heterocycles. The number of hydrogen-bond donors (Lipinski definition) is 0. The Morgan fingerprint density at radius 3 is 2.58 bits per heavy atom. The number of rotatable bonds is 3. The van der Waals surface area contributed by atoms with Gasteiger partial charge in [-0.1, -0.05) is 42.5 Å². The Bertz CT molecular complexity index is 627. The third kappa shape index (κ3) is 3.20. The van der Waals surface area contributed by atoms with Crippen LogP contribution < -0.4 is 0 Å². The van der Waals surface area contributed by atoms with Gasteiger partial charge in [-0.3, -0.25) is 4.79 Å². The predicted octanol–water partition coefficient (Wildman–Crippen LogP) is 3.29. The standard InChI is InChI=1S/C16H13NO2/c1-12(18)19-11-13-7-8-16(15(9-13)10-17)14-5-3-2-4-6-14/h2-9H,11H2,1H3. The first-order valence-corrected chi connectivity index (χ1v) is 5.92. The molecule has 2 aromatic rings. The molecule has 0 spiro atoms. The van der Waals surface area contributed by atoms with E-state index in [9.17, 15) is 10.1 Å². The SMILES string of the molecule is CC(=O)OCc1ccc(-c2ccccc2)c(C#N)c1. The van der Waals surface area contributed by atoms with Crippen LogP contribution in [-0.2, 0) is 16.1 Å². The van der Waals surface area contributed by atoms with Crippen LogP contribution in [0.5, 0.6) is 0 Å². The van der Waals surface area contributed by atoms with Gasteiger partial charge in [0.2, 0.25) is 0 Å². The number of esters is 1. The van der Waals surface area contributed by atoms with Crippen LogP contribution in [-0.4, -0.2) is 5.97 Å². The second-order valence-corrected chi connectivity index (χ2v) is 4.14. The first-order chi connectivity index (χ1) is 9.20. The fraction of sp³-hybridized carbons (Fsp3) is 0.125. The van der Waals surface area contributed by atoms with Crippen molar-refractivity contribution >= 4 is 5.97 Å². The van der Waals surface area contributed by atoms with Gasteiger partial charge in [0.15, 0.2) is 0 Å². The van der Waals surface area contributed by atoms with E-state index in [4.69, 9.17) is 4.74 Å². The Labute approximate surface area is 112 Å². The first kappa shape index (κ1) is 12.8. The van der Waals surface area contributed by atoms with Crippen molar-refractivity contribution in [2.45, 2.75) is 13.5 Å². The van der Waals surface area contributed by atoms with Gasteiger partial charge in [0.1, 0.15) is 6.61 Å². The Morgan fingerprint density at radius 2 is 1.95 bits per heavy atom. The number of carbonyl (C=O) groups is 1. The molecule has 0 N–H and O–H groups in total. The Kier molecular flexibility index (Phi) is 3.94. The van der Waals surface area contributed by atoms with Gasteiger partial charge in [0.25, 0.3) is 0 Å². The van der Waals surface area contributed by atoms with E-state index >= 15 is 0 Å². The van der Waals surface area contributed by atoms with E-state index < -0.39 is 0 Å². The van der Waals surface area contributed by atoms with Gasteiger partial charge < -0.3 is 4.74 Å². The van der Waals surface area contributed by atoms with Crippen molar-refractivity contribution in [1.82, 2.24) is 0 Å². The van der Waals surface area contributed by atoms with Crippen LogP contribution in [0.2, 0.25) is 0 Å². The van der Waals surface area contributed by atoms with Gasteiger partial charge in [0.05, 0.1) is 11.6 Å². The van der Waals surface area contributed by atoms with Crippen LogP contribution in [0, 0.1) is 11.3 Å². The second-order valence-electron chi connectivity index (χ2n) is 4.14. The third-order valence-electron chi connectivity index (χ3n) is 2.73. The van der Waals surface area contributed by atoms with Gasteiger partial charge in [-0.25, -0.2) is 0 Å². The van der Waals surface area contributed by atoms with E-state index in [1.165, 1.54) is 6.92 Å².